The molecule has 3 aromatic heterocycles. The number of thiophene rings is 1. The molecule has 0 saturated heterocycles. The lowest BCUT2D eigenvalue weighted by atomic mass is 10.0. The second kappa shape index (κ2) is 6.72. The molecule has 4 rings (SSSR count). The van der Waals surface area contributed by atoms with E-state index in [4.69, 9.17) is 0 Å². The highest BCUT2D eigenvalue weighted by atomic mass is 32.1. The largest absolute Gasteiger partial charge is 0.348 e. The van der Waals surface area contributed by atoms with E-state index in [1.165, 1.54) is 27.9 Å². The number of carbonyl (C=O) groups excluding carboxylic acids is 1. The van der Waals surface area contributed by atoms with Crippen LogP contribution in [0.4, 0.5) is 0 Å². The summed E-state index contributed by atoms with van der Waals surface area (Å²) in [6, 6.07) is 6.05. The SMILES string of the molecule is CCC[C@H]1c2cccn2CCN1C(=O)Cn1cnc2sc(C)cc2c1=O. The van der Waals surface area contributed by atoms with E-state index < -0.39 is 0 Å². The first kappa shape index (κ1) is 17.0. The van der Waals surface area contributed by atoms with Crippen LogP contribution < -0.4 is 5.56 Å². The molecular weight excluding hydrogens is 348 g/mol. The molecular formula is C19H22N4O2S. The third-order valence-electron chi connectivity index (χ3n) is 4.99. The van der Waals surface area contributed by atoms with Crippen molar-refractivity contribution >= 4 is 27.5 Å². The molecule has 0 fully saturated rings. The summed E-state index contributed by atoms with van der Waals surface area (Å²) < 4.78 is 3.66. The van der Waals surface area contributed by atoms with Crippen LogP contribution in [0.5, 0.6) is 0 Å². The lowest BCUT2D eigenvalue weighted by Crippen LogP contribution is -2.44. The van der Waals surface area contributed by atoms with Crippen LogP contribution >= 0.6 is 11.3 Å². The molecule has 3 aromatic rings. The maximum atomic E-state index is 13.0. The van der Waals surface area contributed by atoms with Gasteiger partial charge in [-0.15, -0.1) is 11.3 Å². The minimum atomic E-state index is -0.139. The summed E-state index contributed by atoms with van der Waals surface area (Å²) in [6.07, 6.45) is 5.49. The van der Waals surface area contributed by atoms with Crippen molar-refractivity contribution in [2.24, 2.45) is 0 Å². The number of fused-ring (bicyclic) bond motifs is 2. The molecule has 1 amide bonds. The molecule has 7 heteroatoms. The topological polar surface area (TPSA) is 60.1 Å². The molecule has 0 saturated carbocycles. The maximum absolute atomic E-state index is 13.0. The zero-order valence-corrected chi connectivity index (χ0v) is 15.8. The Morgan fingerprint density at radius 2 is 2.23 bits per heavy atom. The molecule has 1 aliphatic rings. The van der Waals surface area contributed by atoms with E-state index >= 15 is 0 Å². The van der Waals surface area contributed by atoms with Crippen LogP contribution in [0, 0.1) is 6.92 Å². The molecule has 0 aliphatic carbocycles. The van der Waals surface area contributed by atoms with Gasteiger partial charge in [-0.1, -0.05) is 13.3 Å². The standard InChI is InChI=1S/C19H22N4O2S/c1-3-5-16-15-6-4-7-21(15)8-9-23(16)17(24)11-22-12-20-18-14(19(22)25)10-13(2)26-18/h4,6-7,10,12,16H,3,5,8-9,11H2,1-2H3/t16-/m0/s1. The van der Waals surface area contributed by atoms with Crippen LogP contribution in [0.3, 0.4) is 0 Å². The first-order valence-corrected chi connectivity index (χ1v) is 9.80. The Morgan fingerprint density at radius 1 is 1.38 bits per heavy atom. The van der Waals surface area contributed by atoms with E-state index in [0.717, 1.165) is 29.1 Å². The molecule has 1 aliphatic heterocycles. The lowest BCUT2D eigenvalue weighted by Gasteiger charge is -2.37. The number of hydrogen-bond acceptors (Lipinski definition) is 4. The smallest absolute Gasteiger partial charge is 0.262 e. The molecule has 0 N–H and O–H groups in total. The number of nitrogens with zero attached hydrogens (tertiary/aromatic N) is 4. The molecule has 0 unspecified atom stereocenters. The number of hydrogen-bond donors (Lipinski definition) is 0. The van der Waals surface area contributed by atoms with Crippen molar-refractivity contribution in [1.82, 2.24) is 19.0 Å². The Hall–Kier alpha value is -2.41. The highest BCUT2D eigenvalue weighted by Crippen LogP contribution is 2.30. The van der Waals surface area contributed by atoms with Crippen molar-refractivity contribution < 1.29 is 4.79 Å². The van der Waals surface area contributed by atoms with Crippen LogP contribution in [-0.2, 0) is 17.9 Å². The van der Waals surface area contributed by atoms with E-state index in [9.17, 15) is 9.59 Å². The average Bonchev–Trinajstić information content (AvgIpc) is 3.24. The van der Waals surface area contributed by atoms with E-state index in [1.807, 2.05) is 24.0 Å². The van der Waals surface area contributed by atoms with Crippen LogP contribution in [0.15, 0.2) is 35.5 Å². The minimum absolute atomic E-state index is 0.0221. The Kier molecular flexibility index (Phi) is 4.40. The monoisotopic (exact) mass is 370 g/mol. The van der Waals surface area contributed by atoms with Gasteiger partial charge in [0.25, 0.3) is 5.56 Å². The van der Waals surface area contributed by atoms with Crippen molar-refractivity contribution in [3.63, 3.8) is 0 Å². The quantitative estimate of drug-likeness (QED) is 0.709. The molecule has 136 valence electrons. The van der Waals surface area contributed by atoms with Gasteiger partial charge in [0.1, 0.15) is 11.4 Å². The van der Waals surface area contributed by atoms with E-state index in [0.29, 0.717) is 11.9 Å². The van der Waals surface area contributed by atoms with Crippen LogP contribution in [-0.4, -0.2) is 31.5 Å². The fourth-order valence-corrected chi connectivity index (χ4v) is 4.61. The Morgan fingerprint density at radius 3 is 3.04 bits per heavy atom. The van der Waals surface area contributed by atoms with Gasteiger partial charge in [-0.3, -0.25) is 14.2 Å². The first-order valence-electron chi connectivity index (χ1n) is 8.98. The Balaban J connectivity index is 1.62. The fourth-order valence-electron chi connectivity index (χ4n) is 3.77. The van der Waals surface area contributed by atoms with Crippen molar-refractivity contribution in [2.45, 2.75) is 45.8 Å². The zero-order chi connectivity index (χ0) is 18.3. The number of rotatable bonds is 4. The summed E-state index contributed by atoms with van der Waals surface area (Å²) >= 11 is 1.50. The molecule has 4 heterocycles. The summed E-state index contributed by atoms with van der Waals surface area (Å²) in [4.78, 5) is 33.7. The fraction of sp³-hybridized carbons (Fsp3) is 0.421. The average molecular weight is 370 g/mol. The number of aryl methyl sites for hydroxylation is 1. The van der Waals surface area contributed by atoms with E-state index in [1.54, 1.807) is 0 Å². The summed E-state index contributed by atoms with van der Waals surface area (Å²) in [6.45, 7) is 5.60. The minimum Gasteiger partial charge on any atom is -0.348 e. The summed E-state index contributed by atoms with van der Waals surface area (Å²) in [5.74, 6) is -0.0221. The predicted octanol–water partition coefficient (Wildman–Crippen LogP) is 2.95. The van der Waals surface area contributed by atoms with Crippen molar-refractivity contribution in [2.75, 3.05) is 6.54 Å². The lowest BCUT2D eigenvalue weighted by molar-refractivity contribution is -0.135. The van der Waals surface area contributed by atoms with Gasteiger partial charge in [0, 0.05) is 29.9 Å². The van der Waals surface area contributed by atoms with Gasteiger partial charge < -0.3 is 9.47 Å². The molecule has 0 spiro atoms. The van der Waals surface area contributed by atoms with E-state index in [-0.39, 0.29) is 24.1 Å². The van der Waals surface area contributed by atoms with Gasteiger partial charge >= 0.3 is 0 Å². The normalized spacial score (nSPS) is 16.8. The highest BCUT2D eigenvalue weighted by molar-refractivity contribution is 7.18. The second-order valence-electron chi connectivity index (χ2n) is 6.77. The van der Waals surface area contributed by atoms with Gasteiger partial charge in [-0.05, 0) is 31.5 Å². The van der Waals surface area contributed by atoms with Crippen LogP contribution in [0.25, 0.3) is 10.2 Å². The third kappa shape index (κ3) is 2.86. The first-order chi connectivity index (χ1) is 12.6. The second-order valence-corrected chi connectivity index (χ2v) is 8.01. The van der Waals surface area contributed by atoms with Gasteiger partial charge in [0.15, 0.2) is 0 Å². The van der Waals surface area contributed by atoms with Gasteiger partial charge in [-0.25, -0.2) is 4.98 Å². The molecule has 26 heavy (non-hydrogen) atoms. The number of carbonyl (C=O) groups is 1. The van der Waals surface area contributed by atoms with Crippen LogP contribution in [0.2, 0.25) is 0 Å². The molecule has 0 aromatic carbocycles. The molecule has 0 bridgehead atoms. The predicted molar refractivity (Wildman–Crippen MR) is 102 cm³/mol. The van der Waals surface area contributed by atoms with Gasteiger partial charge in [0.05, 0.1) is 17.8 Å². The maximum Gasteiger partial charge on any atom is 0.262 e. The summed E-state index contributed by atoms with van der Waals surface area (Å²) in [5.41, 5.74) is 1.04. The molecule has 0 radical (unpaired) electrons. The highest BCUT2D eigenvalue weighted by Gasteiger charge is 2.30. The van der Waals surface area contributed by atoms with Crippen molar-refractivity contribution in [1.29, 1.82) is 0 Å². The van der Waals surface area contributed by atoms with Crippen molar-refractivity contribution in [3.05, 3.63) is 51.6 Å². The zero-order valence-electron chi connectivity index (χ0n) is 15.0. The summed E-state index contributed by atoms with van der Waals surface area (Å²) in [7, 11) is 0. The molecule has 6 nitrogen and oxygen atoms in total. The third-order valence-corrected chi connectivity index (χ3v) is 5.95. The van der Waals surface area contributed by atoms with E-state index in [2.05, 4.69) is 28.7 Å². The van der Waals surface area contributed by atoms with Gasteiger partial charge in [-0.2, -0.15) is 0 Å². The number of aromatic nitrogens is 3. The Bertz CT molecular complexity index is 1020. The summed E-state index contributed by atoms with van der Waals surface area (Å²) in [5, 5.41) is 0.598. The van der Waals surface area contributed by atoms with Gasteiger partial charge in [0.2, 0.25) is 5.91 Å². The number of amides is 1. The van der Waals surface area contributed by atoms with Crippen molar-refractivity contribution in [3.8, 4) is 0 Å². The Labute approximate surface area is 155 Å². The molecule has 1 atom stereocenters. The van der Waals surface area contributed by atoms with Crippen LogP contribution in [0.1, 0.15) is 36.4 Å².